The van der Waals surface area contributed by atoms with E-state index in [9.17, 15) is 4.79 Å². The summed E-state index contributed by atoms with van der Waals surface area (Å²) in [5.74, 6) is 0.789. The lowest BCUT2D eigenvalue weighted by atomic mass is 10.2. The van der Waals surface area contributed by atoms with Gasteiger partial charge in [-0.15, -0.1) is 5.10 Å². The minimum Gasteiger partial charge on any atom is -0.382 e. The third-order valence-corrected chi connectivity index (χ3v) is 3.51. The van der Waals surface area contributed by atoms with Crippen LogP contribution >= 0.6 is 0 Å². The lowest BCUT2D eigenvalue weighted by Crippen LogP contribution is -2.09. The number of rotatable bonds is 2. The van der Waals surface area contributed by atoms with Crippen LogP contribution in [-0.2, 0) is 7.05 Å². The zero-order chi connectivity index (χ0) is 16.0. The Morgan fingerprint density at radius 1 is 1.26 bits per heavy atom. The summed E-state index contributed by atoms with van der Waals surface area (Å²) >= 11 is 0. The number of aromatic amines is 1. The number of pyridine rings is 1. The molecular weight excluding hydrogens is 296 g/mol. The van der Waals surface area contributed by atoms with Gasteiger partial charge in [-0.1, -0.05) is 0 Å². The highest BCUT2D eigenvalue weighted by Gasteiger charge is 2.14. The quantitative estimate of drug-likeness (QED) is 0.556. The van der Waals surface area contributed by atoms with Gasteiger partial charge >= 0.3 is 0 Å². The van der Waals surface area contributed by atoms with Gasteiger partial charge in [0.2, 0.25) is 0 Å². The molecule has 9 heteroatoms. The van der Waals surface area contributed by atoms with E-state index in [1.807, 2.05) is 13.2 Å². The van der Waals surface area contributed by atoms with Gasteiger partial charge < -0.3 is 10.7 Å². The van der Waals surface area contributed by atoms with Crippen LogP contribution in [0.1, 0.15) is 0 Å². The van der Waals surface area contributed by atoms with Crippen LogP contribution < -0.4 is 11.3 Å². The van der Waals surface area contributed by atoms with Gasteiger partial charge in [-0.05, 0) is 6.07 Å². The Balaban J connectivity index is 1.93. The predicted octanol–water partition coefficient (Wildman–Crippen LogP) is 0.486. The highest BCUT2D eigenvalue weighted by molar-refractivity contribution is 5.84. The van der Waals surface area contributed by atoms with Gasteiger partial charge in [0.05, 0.1) is 17.9 Å². The van der Waals surface area contributed by atoms with E-state index in [4.69, 9.17) is 5.73 Å². The first-order valence-corrected chi connectivity index (χ1v) is 6.80. The second-order valence-corrected chi connectivity index (χ2v) is 5.04. The number of nitrogen functional groups attached to an aromatic ring is 1. The van der Waals surface area contributed by atoms with Crippen LogP contribution in [0.5, 0.6) is 0 Å². The van der Waals surface area contributed by atoms with E-state index < -0.39 is 0 Å². The zero-order valence-electron chi connectivity index (χ0n) is 12.1. The maximum absolute atomic E-state index is 11.9. The molecule has 0 aliphatic heterocycles. The molecule has 0 fully saturated rings. The maximum Gasteiger partial charge on any atom is 0.258 e. The molecule has 0 amide bonds. The number of hydrogen-bond acceptors (Lipinski definition) is 6. The van der Waals surface area contributed by atoms with Crippen LogP contribution in [0.3, 0.4) is 0 Å². The number of hydrogen-bond donors (Lipinski definition) is 2. The first-order valence-electron chi connectivity index (χ1n) is 6.80. The van der Waals surface area contributed by atoms with Crippen molar-refractivity contribution in [1.82, 2.24) is 34.5 Å². The van der Waals surface area contributed by atoms with Crippen LogP contribution in [0.15, 0.2) is 42.0 Å². The Morgan fingerprint density at radius 2 is 2.13 bits per heavy atom. The number of nitrogens with two attached hydrogens (primary N) is 1. The van der Waals surface area contributed by atoms with Crippen LogP contribution in [0, 0.1) is 0 Å². The molecule has 4 aromatic rings. The van der Waals surface area contributed by atoms with E-state index in [0.29, 0.717) is 22.5 Å². The summed E-state index contributed by atoms with van der Waals surface area (Å²) in [7, 11) is 1.83. The normalized spacial score (nSPS) is 11.2. The maximum atomic E-state index is 11.9. The lowest BCUT2D eigenvalue weighted by Gasteiger charge is -2.03. The lowest BCUT2D eigenvalue weighted by molar-refractivity contribution is 0.768. The summed E-state index contributed by atoms with van der Waals surface area (Å²) < 4.78 is 3.20. The van der Waals surface area contributed by atoms with E-state index in [1.165, 1.54) is 17.2 Å². The number of nitrogens with one attached hydrogen (secondary N) is 1. The third-order valence-electron chi connectivity index (χ3n) is 3.51. The monoisotopic (exact) mass is 308 g/mol. The Labute approximate surface area is 129 Å². The molecule has 0 bridgehead atoms. The number of aromatic nitrogens is 7. The van der Waals surface area contributed by atoms with Gasteiger partial charge in [0.15, 0.2) is 11.6 Å². The van der Waals surface area contributed by atoms with Crippen molar-refractivity contribution in [3.8, 4) is 16.9 Å². The number of H-pyrrole nitrogens is 1. The number of anilines is 1. The second kappa shape index (κ2) is 4.77. The standard InChI is InChI=1S/C14H12N8O/c1-21-5-8(4-19-21)10-6-22(20-12(10)15)13-11-9(2-3-16-13)14(23)18-7-17-11/h2-7H,1H3,(H2,15,20)(H,17,18,23). The topological polar surface area (TPSA) is 120 Å². The molecule has 3 N–H and O–H groups in total. The van der Waals surface area contributed by atoms with Crippen LogP contribution in [-0.4, -0.2) is 34.5 Å². The molecule has 0 atom stereocenters. The first-order chi connectivity index (χ1) is 11.1. The average molecular weight is 308 g/mol. The average Bonchev–Trinajstić information content (AvgIpc) is 3.13. The van der Waals surface area contributed by atoms with Crippen molar-refractivity contribution >= 4 is 16.7 Å². The summed E-state index contributed by atoms with van der Waals surface area (Å²) in [6, 6.07) is 1.61. The summed E-state index contributed by atoms with van der Waals surface area (Å²) in [6.45, 7) is 0. The highest BCUT2D eigenvalue weighted by Crippen LogP contribution is 2.26. The molecule has 9 nitrogen and oxygen atoms in total. The molecule has 4 rings (SSSR count). The van der Waals surface area contributed by atoms with Crippen molar-refractivity contribution < 1.29 is 0 Å². The minimum atomic E-state index is -0.230. The largest absolute Gasteiger partial charge is 0.382 e. The van der Waals surface area contributed by atoms with Gasteiger partial charge in [0.25, 0.3) is 5.56 Å². The molecule has 0 radical (unpaired) electrons. The molecule has 0 saturated carbocycles. The second-order valence-electron chi connectivity index (χ2n) is 5.04. The zero-order valence-corrected chi connectivity index (χ0v) is 12.1. The summed E-state index contributed by atoms with van der Waals surface area (Å²) in [4.78, 5) is 22.9. The highest BCUT2D eigenvalue weighted by atomic mass is 16.1. The molecule has 0 unspecified atom stereocenters. The SMILES string of the molecule is Cn1cc(-c2cn(-c3nccc4c(=O)[nH]cnc34)nc2N)cn1. The Hall–Kier alpha value is -3.49. The van der Waals surface area contributed by atoms with E-state index in [-0.39, 0.29) is 5.56 Å². The summed E-state index contributed by atoms with van der Waals surface area (Å²) in [6.07, 6.45) is 8.17. The fraction of sp³-hybridized carbons (Fsp3) is 0.0714. The third kappa shape index (κ3) is 2.06. The van der Waals surface area contributed by atoms with Gasteiger partial charge in [0.1, 0.15) is 5.52 Å². The number of aryl methyl sites for hydroxylation is 1. The molecule has 4 aromatic heterocycles. The van der Waals surface area contributed by atoms with Crippen LogP contribution in [0.25, 0.3) is 27.8 Å². The van der Waals surface area contributed by atoms with Crippen molar-refractivity contribution in [3.05, 3.63) is 47.5 Å². The van der Waals surface area contributed by atoms with Crippen molar-refractivity contribution in [2.24, 2.45) is 7.05 Å². The molecule has 114 valence electrons. The van der Waals surface area contributed by atoms with Crippen molar-refractivity contribution in [1.29, 1.82) is 0 Å². The number of fused-ring (bicyclic) bond motifs is 1. The van der Waals surface area contributed by atoms with E-state index >= 15 is 0 Å². The minimum absolute atomic E-state index is 0.230. The molecule has 4 heterocycles. The van der Waals surface area contributed by atoms with Crippen molar-refractivity contribution in [3.63, 3.8) is 0 Å². The smallest absolute Gasteiger partial charge is 0.258 e. The molecule has 0 saturated heterocycles. The van der Waals surface area contributed by atoms with Gasteiger partial charge in [-0.2, -0.15) is 5.10 Å². The van der Waals surface area contributed by atoms with E-state index in [0.717, 1.165) is 11.1 Å². The summed E-state index contributed by atoms with van der Waals surface area (Å²) in [5, 5.41) is 8.86. The molecule has 23 heavy (non-hydrogen) atoms. The number of nitrogens with zero attached hydrogens (tertiary/aromatic N) is 6. The Bertz CT molecular complexity index is 1070. The fourth-order valence-corrected chi connectivity index (χ4v) is 2.43. The van der Waals surface area contributed by atoms with Crippen LogP contribution in [0.4, 0.5) is 5.82 Å². The Morgan fingerprint density at radius 3 is 2.91 bits per heavy atom. The van der Waals surface area contributed by atoms with E-state index in [1.54, 1.807) is 23.1 Å². The summed E-state index contributed by atoms with van der Waals surface area (Å²) in [5.41, 5.74) is 7.82. The van der Waals surface area contributed by atoms with Gasteiger partial charge in [-0.25, -0.2) is 14.6 Å². The molecule has 0 aliphatic carbocycles. The molecule has 0 aromatic carbocycles. The Kier molecular flexibility index (Phi) is 2.73. The molecular formula is C14H12N8O. The van der Waals surface area contributed by atoms with Crippen molar-refractivity contribution in [2.75, 3.05) is 5.73 Å². The predicted molar refractivity (Wildman–Crippen MR) is 83.9 cm³/mol. The first kappa shape index (κ1) is 13.2. The van der Waals surface area contributed by atoms with Gasteiger partial charge in [-0.3, -0.25) is 9.48 Å². The molecule has 0 spiro atoms. The van der Waals surface area contributed by atoms with E-state index in [2.05, 4.69) is 25.1 Å². The van der Waals surface area contributed by atoms with Crippen LogP contribution in [0.2, 0.25) is 0 Å². The van der Waals surface area contributed by atoms with Gasteiger partial charge in [0, 0.05) is 36.8 Å². The fourth-order valence-electron chi connectivity index (χ4n) is 2.43. The van der Waals surface area contributed by atoms with Crippen molar-refractivity contribution in [2.45, 2.75) is 0 Å². The molecule has 0 aliphatic rings.